The first-order valence-electron chi connectivity index (χ1n) is 8.68. The normalized spacial score (nSPS) is 16.1. The lowest BCUT2D eigenvalue weighted by Crippen LogP contribution is -2.48. The maximum absolute atomic E-state index is 12.6. The molecular weight excluding hydrogens is 320 g/mol. The number of hydrogen-bond acceptors (Lipinski definition) is 4. The van der Waals surface area contributed by atoms with Crippen molar-refractivity contribution in [2.45, 2.75) is 39.8 Å². The van der Waals surface area contributed by atoms with E-state index in [1.807, 2.05) is 21.2 Å². The van der Waals surface area contributed by atoms with E-state index >= 15 is 0 Å². The molecule has 0 bridgehead atoms. The van der Waals surface area contributed by atoms with Crippen molar-refractivity contribution in [3.05, 3.63) is 39.8 Å². The molecule has 2 aromatic rings. The van der Waals surface area contributed by atoms with Crippen LogP contribution in [0.15, 0.2) is 23.8 Å². The number of aryl methyl sites for hydroxylation is 1. The Kier molecular flexibility index (Phi) is 5.36. The third kappa shape index (κ3) is 3.87. The molecule has 0 saturated carbocycles. The minimum absolute atomic E-state index is 0.177. The molecule has 6 heteroatoms. The Morgan fingerprint density at radius 2 is 2.04 bits per heavy atom. The standard InChI is InChI=1S/C18H26N4OS/c1-4-22-12-15(10-19-22)11-20-5-7-21(8-6-20)18(23)16-9-17(14(2)3)24-13-16/h9-10,12-14H,4-8,11H2,1-3H3. The predicted octanol–water partition coefficient (Wildman–Crippen LogP) is 3.05. The van der Waals surface area contributed by atoms with Crippen LogP contribution in [0.2, 0.25) is 0 Å². The van der Waals surface area contributed by atoms with Crippen LogP contribution in [0.4, 0.5) is 0 Å². The third-order valence-corrected chi connectivity index (χ3v) is 5.75. The van der Waals surface area contributed by atoms with Crippen LogP contribution < -0.4 is 0 Å². The second-order valence-electron chi connectivity index (χ2n) is 6.67. The summed E-state index contributed by atoms with van der Waals surface area (Å²) in [6.07, 6.45) is 4.05. The van der Waals surface area contributed by atoms with Crippen LogP contribution in [-0.4, -0.2) is 51.7 Å². The van der Waals surface area contributed by atoms with Crippen LogP contribution in [0.3, 0.4) is 0 Å². The van der Waals surface area contributed by atoms with Crippen LogP contribution in [-0.2, 0) is 13.1 Å². The minimum Gasteiger partial charge on any atom is -0.336 e. The predicted molar refractivity (Wildman–Crippen MR) is 97.5 cm³/mol. The SMILES string of the molecule is CCn1cc(CN2CCN(C(=O)c3csc(C(C)C)c3)CC2)cn1. The van der Waals surface area contributed by atoms with Gasteiger partial charge in [-0.1, -0.05) is 13.8 Å². The van der Waals surface area contributed by atoms with Crippen molar-refractivity contribution in [1.29, 1.82) is 0 Å². The molecule has 0 unspecified atom stereocenters. The van der Waals surface area contributed by atoms with Crippen molar-refractivity contribution in [3.63, 3.8) is 0 Å². The highest BCUT2D eigenvalue weighted by atomic mass is 32.1. The van der Waals surface area contributed by atoms with Gasteiger partial charge in [-0.15, -0.1) is 11.3 Å². The summed E-state index contributed by atoms with van der Waals surface area (Å²) in [6, 6.07) is 2.06. The van der Waals surface area contributed by atoms with Crippen molar-refractivity contribution in [2.75, 3.05) is 26.2 Å². The van der Waals surface area contributed by atoms with Gasteiger partial charge in [-0.05, 0) is 18.9 Å². The fourth-order valence-electron chi connectivity index (χ4n) is 2.98. The Balaban J connectivity index is 1.53. The second kappa shape index (κ2) is 7.49. The van der Waals surface area contributed by atoms with Gasteiger partial charge in [-0.3, -0.25) is 14.4 Å². The molecule has 1 amide bonds. The maximum Gasteiger partial charge on any atom is 0.254 e. The highest BCUT2D eigenvalue weighted by molar-refractivity contribution is 7.10. The molecule has 3 rings (SSSR count). The van der Waals surface area contributed by atoms with Gasteiger partial charge in [0.1, 0.15) is 0 Å². The highest BCUT2D eigenvalue weighted by Crippen LogP contribution is 2.24. The van der Waals surface area contributed by atoms with Gasteiger partial charge in [0.05, 0.1) is 11.8 Å². The van der Waals surface area contributed by atoms with Crippen molar-refractivity contribution in [3.8, 4) is 0 Å². The highest BCUT2D eigenvalue weighted by Gasteiger charge is 2.23. The summed E-state index contributed by atoms with van der Waals surface area (Å²) >= 11 is 1.69. The van der Waals surface area contributed by atoms with Crippen LogP contribution in [0.25, 0.3) is 0 Å². The fraction of sp³-hybridized carbons (Fsp3) is 0.556. The Hall–Kier alpha value is -1.66. The zero-order valence-electron chi connectivity index (χ0n) is 14.7. The summed E-state index contributed by atoms with van der Waals surface area (Å²) in [5, 5.41) is 6.33. The molecule has 0 radical (unpaired) electrons. The topological polar surface area (TPSA) is 41.4 Å². The lowest BCUT2D eigenvalue weighted by atomic mass is 10.1. The van der Waals surface area contributed by atoms with Gasteiger partial charge < -0.3 is 4.90 Å². The Bertz CT molecular complexity index is 683. The molecule has 0 aromatic carbocycles. The van der Waals surface area contributed by atoms with Crippen molar-refractivity contribution >= 4 is 17.2 Å². The smallest absolute Gasteiger partial charge is 0.254 e. The van der Waals surface area contributed by atoms with Gasteiger partial charge in [-0.2, -0.15) is 5.10 Å². The van der Waals surface area contributed by atoms with E-state index in [1.54, 1.807) is 11.3 Å². The van der Waals surface area contributed by atoms with Crippen molar-refractivity contribution in [2.24, 2.45) is 0 Å². The van der Waals surface area contributed by atoms with E-state index < -0.39 is 0 Å². The number of piperazine rings is 1. The van der Waals surface area contributed by atoms with Crippen LogP contribution in [0.5, 0.6) is 0 Å². The van der Waals surface area contributed by atoms with Crippen LogP contribution in [0.1, 0.15) is 47.5 Å². The third-order valence-electron chi connectivity index (χ3n) is 4.51. The number of rotatable bonds is 5. The van der Waals surface area contributed by atoms with E-state index in [1.165, 1.54) is 10.4 Å². The number of carbonyl (C=O) groups excluding carboxylic acids is 1. The Labute approximate surface area is 147 Å². The number of amides is 1. The Morgan fingerprint density at radius 3 is 2.62 bits per heavy atom. The van der Waals surface area contributed by atoms with Gasteiger partial charge in [0.15, 0.2) is 0 Å². The van der Waals surface area contributed by atoms with Gasteiger partial charge in [-0.25, -0.2) is 0 Å². The molecule has 0 N–H and O–H groups in total. The molecule has 0 atom stereocenters. The van der Waals surface area contributed by atoms with Crippen molar-refractivity contribution < 1.29 is 4.79 Å². The van der Waals surface area contributed by atoms with Gasteiger partial charge in [0.2, 0.25) is 0 Å². The lowest BCUT2D eigenvalue weighted by Gasteiger charge is -2.34. The van der Waals surface area contributed by atoms with Gasteiger partial charge in [0.25, 0.3) is 5.91 Å². The average Bonchev–Trinajstić information content (AvgIpc) is 3.24. The summed E-state index contributed by atoms with van der Waals surface area (Å²) in [4.78, 5) is 18.3. The quantitative estimate of drug-likeness (QED) is 0.835. The molecule has 1 aliphatic heterocycles. The number of carbonyl (C=O) groups is 1. The van der Waals surface area contributed by atoms with E-state index in [2.05, 4.69) is 43.0 Å². The van der Waals surface area contributed by atoms with Crippen LogP contribution in [0, 0.1) is 0 Å². The summed E-state index contributed by atoms with van der Waals surface area (Å²) < 4.78 is 1.96. The molecule has 5 nitrogen and oxygen atoms in total. The van der Waals surface area contributed by atoms with E-state index in [4.69, 9.17) is 0 Å². The first-order chi connectivity index (χ1) is 11.6. The molecule has 0 aliphatic carbocycles. The number of aromatic nitrogens is 2. The van der Waals surface area contributed by atoms with Crippen molar-refractivity contribution in [1.82, 2.24) is 19.6 Å². The maximum atomic E-state index is 12.6. The molecule has 1 saturated heterocycles. The molecule has 24 heavy (non-hydrogen) atoms. The summed E-state index contributed by atoms with van der Waals surface area (Å²) in [7, 11) is 0. The molecule has 130 valence electrons. The first kappa shape index (κ1) is 17.2. The van der Waals surface area contributed by atoms with E-state index in [0.717, 1.165) is 44.8 Å². The zero-order valence-corrected chi connectivity index (χ0v) is 15.6. The molecule has 1 fully saturated rings. The lowest BCUT2D eigenvalue weighted by molar-refractivity contribution is 0.0629. The molecule has 2 aromatic heterocycles. The van der Waals surface area contributed by atoms with Gasteiger partial charge >= 0.3 is 0 Å². The monoisotopic (exact) mass is 346 g/mol. The summed E-state index contributed by atoms with van der Waals surface area (Å²) in [6.45, 7) is 11.7. The number of nitrogens with zero attached hydrogens (tertiary/aromatic N) is 4. The van der Waals surface area contributed by atoms with E-state index in [-0.39, 0.29) is 5.91 Å². The number of hydrogen-bond donors (Lipinski definition) is 0. The fourth-order valence-corrected chi connectivity index (χ4v) is 3.88. The summed E-state index contributed by atoms with van der Waals surface area (Å²) in [5.74, 6) is 0.661. The zero-order chi connectivity index (χ0) is 17.1. The molecular formula is C18H26N4OS. The first-order valence-corrected chi connectivity index (χ1v) is 9.56. The average molecular weight is 347 g/mol. The van der Waals surface area contributed by atoms with E-state index in [0.29, 0.717) is 5.92 Å². The van der Waals surface area contributed by atoms with Gasteiger partial charge in [0, 0.05) is 61.3 Å². The summed E-state index contributed by atoms with van der Waals surface area (Å²) in [5.41, 5.74) is 2.09. The second-order valence-corrected chi connectivity index (χ2v) is 7.61. The molecule has 1 aliphatic rings. The van der Waals surface area contributed by atoms with Crippen LogP contribution >= 0.6 is 11.3 Å². The molecule has 0 spiro atoms. The van der Waals surface area contributed by atoms with E-state index in [9.17, 15) is 4.79 Å². The molecule has 3 heterocycles. The largest absolute Gasteiger partial charge is 0.336 e. The minimum atomic E-state index is 0.177. The number of thiophene rings is 1. The Morgan fingerprint density at radius 1 is 1.29 bits per heavy atom.